The van der Waals surface area contributed by atoms with Crippen molar-refractivity contribution in [2.45, 2.75) is 24.7 Å². The van der Waals surface area contributed by atoms with Crippen molar-refractivity contribution in [2.24, 2.45) is 0 Å². The Morgan fingerprint density at radius 1 is 1.14 bits per heavy atom. The van der Waals surface area contributed by atoms with Crippen molar-refractivity contribution in [3.63, 3.8) is 0 Å². The van der Waals surface area contributed by atoms with Crippen LogP contribution in [0.15, 0.2) is 47.4 Å². The fourth-order valence-electron chi connectivity index (χ4n) is 3.32. The van der Waals surface area contributed by atoms with Crippen LogP contribution in [0.2, 0.25) is 5.02 Å². The fourth-order valence-corrected chi connectivity index (χ4v) is 3.91. The van der Waals surface area contributed by atoms with E-state index in [1.165, 1.54) is 0 Å². The van der Waals surface area contributed by atoms with Gasteiger partial charge in [0.2, 0.25) is 5.91 Å². The van der Waals surface area contributed by atoms with Crippen molar-refractivity contribution in [3.8, 4) is 5.75 Å². The summed E-state index contributed by atoms with van der Waals surface area (Å²) in [5.41, 5.74) is 1.95. The number of piperazine rings is 1. The number of benzene rings is 2. The molecule has 0 saturated carbocycles. The number of rotatable bonds is 7. The number of ether oxygens (including phenoxy) is 1. The fraction of sp³-hybridized carbons (Fsp3) is 0.381. The van der Waals surface area contributed by atoms with Crippen molar-refractivity contribution in [3.05, 3.63) is 53.1 Å². The summed E-state index contributed by atoms with van der Waals surface area (Å²) >= 11 is 3.73. The molecule has 156 valence electrons. The smallest absolute Gasteiger partial charge is 0.222 e. The lowest BCUT2D eigenvalue weighted by Gasteiger charge is -2.36. The molecule has 2 aromatic carbocycles. The number of nitrogens with zero attached hydrogens (tertiary/aromatic N) is 2. The lowest BCUT2D eigenvalue weighted by molar-refractivity contribution is -0.131. The van der Waals surface area contributed by atoms with Crippen LogP contribution in [-0.4, -0.2) is 52.4 Å². The first-order valence-electron chi connectivity index (χ1n) is 9.55. The van der Waals surface area contributed by atoms with Crippen LogP contribution in [0, 0.1) is 6.92 Å². The van der Waals surface area contributed by atoms with E-state index < -0.39 is 11.1 Å². The average Bonchev–Trinajstić information content (AvgIpc) is 2.72. The molecule has 2 aromatic rings. The molecule has 0 radical (unpaired) electrons. The third-order valence-corrected chi connectivity index (χ3v) is 5.85. The molecule has 0 aromatic heterocycles. The third kappa shape index (κ3) is 5.95. The second-order valence-corrected chi connectivity index (χ2v) is 8.34. The molecule has 1 aliphatic rings. The zero-order valence-corrected chi connectivity index (χ0v) is 17.9. The molecule has 0 N–H and O–H groups in total. The van der Waals surface area contributed by atoms with E-state index in [-0.39, 0.29) is 10.8 Å². The highest BCUT2D eigenvalue weighted by molar-refractivity contribution is 7.79. The zero-order chi connectivity index (χ0) is 20.8. The second kappa shape index (κ2) is 10.1. The van der Waals surface area contributed by atoms with Crippen LogP contribution < -0.4 is 9.64 Å². The Morgan fingerprint density at radius 3 is 2.45 bits per heavy atom. The highest BCUT2D eigenvalue weighted by Crippen LogP contribution is 2.22. The minimum absolute atomic E-state index is 0.137. The van der Waals surface area contributed by atoms with E-state index in [0.29, 0.717) is 37.6 Å². The van der Waals surface area contributed by atoms with Gasteiger partial charge in [0.1, 0.15) is 5.75 Å². The summed E-state index contributed by atoms with van der Waals surface area (Å²) in [6.07, 6.45) is 1.12. The summed E-state index contributed by atoms with van der Waals surface area (Å²) < 4.78 is 27.7. The van der Waals surface area contributed by atoms with Gasteiger partial charge < -0.3 is 19.1 Å². The van der Waals surface area contributed by atoms with Gasteiger partial charge in [-0.25, -0.2) is 0 Å². The first-order chi connectivity index (χ1) is 13.9. The molecule has 1 amide bonds. The molecule has 0 bridgehead atoms. The molecule has 1 unspecified atom stereocenters. The Bertz CT molecular complexity index is 867. The molecule has 1 atom stereocenters. The van der Waals surface area contributed by atoms with Crippen molar-refractivity contribution in [1.82, 2.24) is 4.90 Å². The molecule has 1 heterocycles. The predicted molar refractivity (Wildman–Crippen MR) is 113 cm³/mol. The zero-order valence-electron chi connectivity index (χ0n) is 16.3. The second-order valence-electron chi connectivity index (χ2n) is 6.96. The van der Waals surface area contributed by atoms with Gasteiger partial charge in [0.05, 0.1) is 6.61 Å². The van der Waals surface area contributed by atoms with E-state index in [0.717, 1.165) is 30.1 Å². The van der Waals surface area contributed by atoms with Crippen LogP contribution in [0.3, 0.4) is 0 Å². The van der Waals surface area contributed by atoms with Gasteiger partial charge in [-0.2, -0.15) is 0 Å². The number of carbonyl (C=O) groups is 1. The first-order valence-corrected chi connectivity index (χ1v) is 11.0. The molecular weight excluding hydrogens is 412 g/mol. The molecule has 0 aliphatic carbocycles. The van der Waals surface area contributed by atoms with Gasteiger partial charge in [0.15, 0.2) is 0 Å². The molecule has 6 nitrogen and oxygen atoms in total. The SMILES string of the molecule is Cc1cc(Cl)ccc1OCCCC(=O)N1CCN(c2ccc(S(=O)[O-])cc2)CC1. The largest absolute Gasteiger partial charge is 0.768 e. The molecule has 0 spiro atoms. The minimum Gasteiger partial charge on any atom is -0.768 e. The van der Waals surface area contributed by atoms with E-state index >= 15 is 0 Å². The normalized spacial score (nSPS) is 15.3. The first kappa shape index (κ1) is 21.6. The molecule has 8 heteroatoms. The maximum absolute atomic E-state index is 12.4. The van der Waals surface area contributed by atoms with Crippen LogP contribution in [0.25, 0.3) is 0 Å². The monoisotopic (exact) mass is 435 g/mol. The van der Waals surface area contributed by atoms with E-state index in [1.807, 2.05) is 24.0 Å². The molecule has 29 heavy (non-hydrogen) atoms. The Labute approximate surface area is 178 Å². The standard InChI is InChI=1S/C21H25ClN2O4S/c1-16-15-17(22)4-9-20(16)28-14-2-3-21(25)24-12-10-23(11-13-24)18-5-7-19(8-6-18)29(26)27/h4-9,15H,2-3,10-14H2,1H3,(H,26,27)/p-1. The van der Waals surface area contributed by atoms with Crippen molar-refractivity contribution < 1.29 is 18.3 Å². The number of hydrogen-bond donors (Lipinski definition) is 0. The van der Waals surface area contributed by atoms with Crippen LogP contribution in [0.1, 0.15) is 18.4 Å². The average molecular weight is 436 g/mol. The Kier molecular flexibility index (Phi) is 7.52. The number of halogens is 1. The number of anilines is 1. The lowest BCUT2D eigenvalue weighted by atomic mass is 10.2. The quantitative estimate of drug-likeness (QED) is 0.492. The Hall–Kier alpha value is -2.09. The summed E-state index contributed by atoms with van der Waals surface area (Å²) in [4.78, 5) is 16.8. The van der Waals surface area contributed by atoms with Gasteiger partial charge in [-0.15, -0.1) is 0 Å². The van der Waals surface area contributed by atoms with Crippen LogP contribution >= 0.6 is 11.6 Å². The van der Waals surface area contributed by atoms with Gasteiger partial charge >= 0.3 is 0 Å². The van der Waals surface area contributed by atoms with Crippen molar-refractivity contribution in [2.75, 3.05) is 37.7 Å². The summed E-state index contributed by atoms with van der Waals surface area (Å²) in [6, 6.07) is 12.3. The number of hydrogen-bond acceptors (Lipinski definition) is 5. The maximum Gasteiger partial charge on any atom is 0.222 e. The van der Waals surface area contributed by atoms with Crippen LogP contribution in [0.5, 0.6) is 5.75 Å². The molecule has 1 aliphatic heterocycles. The summed E-state index contributed by atoms with van der Waals surface area (Å²) in [7, 11) is 0. The molecular formula is C21H24ClN2O4S-. The molecule has 1 saturated heterocycles. The predicted octanol–water partition coefficient (Wildman–Crippen LogP) is 3.39. The topological polar surface area (TPSA) is 72.9 Å². The van der Waals surface area contributed by atoms with E-state index in [1.54, 1.807) is 30.3 Å². The van der Waals surface area contributed by atoms with Gasteiger partial charge in [-0.3, -0.25) is 9.00 Å². The summed E-state index contributed by atoms with van der Waals surface area (Å²) in [5, 5.41) is 0.681. The van der Waals surface area contributed by atoms with Crippen LogP contribution in [0.4, 0.5) is 5.69 Å². The van der Waals surface area contributed by atoms with Gasteiger partial charge in [-0.05, 0) is 72.5 Å². The molecule has 3 rings (SSSR count). The van der Waals surface area contributed by atoms with Crippen molar-refractivity contribution >= 4 is 34.3 Å². The number of amides is 1. The highest BCUT2D eigenvalue weighted by Gasteiger charge is 2.21. The number of aryl methyl sites for hydroxylation is 1. The minimum atomic E-state index is -2.21. The van der Waals surface area contributed by atoms with E-state index in [9.17, 15) is 13.6 Å². The Morgan fingerprint density at radius 2 is 1.83 bits per heavy atom. The molecule has 1 fully saturated rings. The van der Waals surface area contributed by atoms with E-state index in [4.69, 9.17) is 16.3 Å². The number of carbonyl (C=O) groups excluding carboxylic acids is 1. The lowest BCUT2D eigenvalue weighted by Crippen LogP contribution is -2.48. The van der Waals surface area contributed by atoms with E-state index in [2.05, 4.69) is 4.90 Å². The van der Waals surface area contributed by atoms with Gasteiger partial charge in [-0.1, -0.05) is 11.6 Å². The summed E-state index contributed by atoms with van der Waals surface area (Å²) in [5.74, 6) is 0.931. The third-order valence-electron chi connectivity index (χ3n) is 4.96. The summed E-state index contributed by atoms with van der Waals surface area (Å²) in [6.45, 7) is 5.20. The van der Waals surface area contributed by atoms with Crippen molar-refractivity contribution in [1.29, 1.82) is 0 Å². The van der Waals surface area contributed by atoms with Gasteiger partial charge in [0, 0.05) is 48.2 Å². The van der Waals surface area contributed by atoms with Crippen LogP contribution in [-0.2, 0) is 15.9 Å². The highest BCUT2D eigenvalue weighted by atomic mass is 35.5. The Balaban J connectivity index is 1.40. The maximum atomic E-state index is 12.4. The van der Waals surface area contributed by atoms with Gasteiger partial charge in [0.25, 0.3) is 0 Å².